The summed E-state index contributed by atoms with van der Waals surface area (Å²) in [6.45, 7) is 11.5. The topological polar surface area (TPSA) is 34.1 Å². The van der Waals surface area contributed by atoms with E-state index in [0.717, 1.165) is 12.1 Å². The second-order valence-corrected chi connectivity index (χ2v) is 3.92. The van der Waals surface area contributed by atoms with Crippen LogP contribution < -0.4 is 5.32 Å². The number of nitrogens with one attached hydrogen (secondary N) is 1. The molecule has 3 nitrogen and oxygen atoms in total. The molecule has 0 aliphatic carbocycles. The summed E-state index contributed by atoms with van der Waals surface area (Å²) in [4.78, 5) is 4.11. The minimum atomic E-state index is 0.460. The van der Waals surface area contributed by atoms with E-state index in [9.17, 15) is 0 Å². The number of pyridine rings is 1. The van der Waals surface area contributed by atoms with Crippen molar-refractivity contribution in [1.82, 2.24) is 10.3 Å². The van der Waals surface area contributed by atoms with Crippen LogP contribution in [-0.4, -0.2) is 17.6 Å². The predicted octanol–water partition coefficient (Wildman–Crippen LogP) is 2.59. The van der Waals surface area contributed by atoms with Gasteiger partial charge in [0.25, 0.3) is 0 Å². The first kappa shape index (κ1) is 12.7. The molecule has 0 amide bonds. The molecule has 88 valence electrons. The molecule has 0 unspecified atom stereocenters. The highest BCUT2D eigenvalue weighted by Crippen LogP contribution is 2.17. The zero-order chi connectivity index (χ0) is 12.0. The Labute approximate surface area is 97.5 Å². The predicted molar refractivity (Wildman–Crippen MR) is 66.9 cm³/mol. The van der Waals surface area contributed by atoms with Gasteiger partial charge in [0.1, 0.15) is 5.76 Å². The zero-order valence-electron chi connectivity index (χ0n) is 10.3. The fraction of sp³-hybridized carbons (Fsp3) is 0.462. The van der Waals surface area contributed by atoms with Crippen molar-refractivity contribution in [2.45, 2.75) is 33.4 Å². The maximum atomic E-state index is 5.41. The summed E-state index contributed by atoms with van der Waals surface area (Å²) < 4.78 is 5.41. The second-order valence-electron chi connectivity index (χ2n) is 3.92. The first-order valence-electron chi connectivity index (χ1n) is 5.63. The van der Waals surface area contributed by atoms with E-state index in [2.05, 4.69) is 30.7 Å². The Morgan fingerprint density at radius 1 is 1.56 bits per heavy atom. The van der Waals surface area contributed by atoms with Crippen LogP contribution in [0.5, 0.6) is 0 Å². The summed E-state index contributed by atoms with van der Waals surface area (Å²) in [5.41, 5.74) is 2.15. The first-order valence-corrected chi connectivity index (χ1v) is 5.63. The average Bonchev–Trinajstić information content (AvgIpc) is 2.27. The molecular weight excluding hydrogens is 200 g/mol. The monoisotopic (exact) mass is 220 g/mol. The molecule has 1 aromatic heterocycles. The Bertz CT molecular complexity index is 348. The van der Waals surface area contributed by atoms with Crippen LogP contribution in [0.25, 0.3) is 5.76 Å². The highest BCUT2D eigenvalue weighted by molar-refractivity contribution is 5.59. The first-order chi connectivity index (χ1) is 7.65. The van der Waals surface area contributed by atoms with Gasteiger partial charge in [-0.15, -0.1) is 0 Å². The van der Waals surface area contributed by atoms with Crippen molar-refractivity contribution in [1.29, 1.82) is 0 Å². The van der Waals surface area contributed by atoms with E-state index in [4.69, 9.17) is 4.74 Å². The Morgan fingerprint density at radius 3 is 2.94 bits per heavy atom. The number of hydrogen-bond donors (Lipinski definition) is 1. The lowest BCUT2D eigenvalue weighted by Crippen LogP contribution is -2.22. The summed E-state index contributed by atoms with van der Waals surface area (Å²) >= 11 is 0. The largest absolute Gasteiger partial charge is 0.494 e. The molecule has 1 rings (SSSR count). The fourth-order valence-corrected chi connectivity index (χ4v) is 1.39. The van der Waals surface area contributed by atoms with E-state index in [1.807, 2.05) is 13.0 Å². The second kappa shape index (κ2) is 6.28. The van der Waals surface area contributed by atoms with Gasteiger partial charge in [-0.25, -0.2) is 0 Å². The minimum Gasteiger partial charge on any atom is -0.494 e. The van der Waals surface area contributed by atoms with E-state index >= 15 is 0 Å². The van der Waals surface area contributed by atoms with Crippen LogP contribution in [0, 0.1) is 0 Å². The van der Waals surface area contributed by atoms with Crippen LogP contribution in [0.15, 0.2) is 25.0 Å². The lowest BCUT2D eigenvalue weighted by Gasteiger charge is -2.13. The number of ether oxygens (including phenoxy) is 1. The molecular formula is C13H20N2O. The maximum absolute atomic E-state index is 5.41. The molecule has 1 aromatic rings. The van der Waals surface area contributed by atoms with Gasteiger partial charge in [0, 0.05) is 30.5 Å². The van der Waals surface area contributed by atoms with Gasteiger partial charge in [0.15, 0.2) is 0 Å². The molecule has 0 aliphatic rings. The quantitative estimate of drug-likeness (QED) is 0.748. The Kier molecular flexibility index (Phi) is 4.99. The van der Waals surface area contributed by atoms with E-state index in [1.165, 1.54) is 5.56 Å². The molecule has 16 heavy (non-hydrogen) atoms. The van der Waals surface area contributed by atoms with Gasteiger partial charge in [-0.3, -0.25) is 4.98 Å². The molecule has 3 heteroatoms. The van der Waals surface area contributed by atoms with Gasteiger partial charge in [0.05, 0.1) is 6.61 Å². The third-order valence-electron chi connectivity index (χ3n) is 2.23. The van der Waals surface area contributed by atoms with Crippen molar-refractivity contribution in [3.05, 3.63) is 36.2 Å². The Hall–Kier alpha value is -1.35. The number of rotatable bonds is 6. The van der Waals surface area contributed by atoms with Crippen LogP contribution >= 0.6 is 0 Å². The van der Waals surface area contributed by atoms with Crippen LogP contribution in [-0.2, 0) is 11.3 Å². The van der Waals surface area contributed by atoms with E-state index in [1.54, 1.807) is 12.4 Å². The van der Waals surface area contributed by atoms with Crippen molar-refractivity contribution < 1.29 is 4.74 Å². The third kappa shape index (κ3) is 3.66. The smallest absolute Gasteiger partial charge is 0.121 e. The molecule has 0 aliphatic heterocycles. The molecule has 1 N–H and O–H groups in total. The summed E-state index contributed by atoms with van der Waals surface area (Å²) in [5, 5.41) is 3.37. The highest BCUT2D eigenvalue weighted by atomic mass is 16.5. The summed E-state index contributed by atoms with van der Waals surface area (Å²) in [5.74, 6) is 0.691. The van der Waals surface area contributed by atoms with E-state index in [-0.39, 0.29) is 0 Å². The molecule has 0 saturated carbocycles. The standard InChI is InChI=1S/C13H20N2O/c1-5-16-11(4)13-9-14-7-6-12(13)8-15-10(2)3/h6-7,9-10,15H,4-5,8H2,1-3H3. The van der Waals surface area contributed by atoms with E-state index < -0.39 is 0 Å². The van der Waals surface area contributed by atoms with Gasteiger partial charge < -0.3 is 10.1 Å². The molecule has 0 aromatic carbocycles. The molecule has 0 radical (unpaired) electrons. The minimum absolute atomic E-state index is 0.460. The molecule has 0 saturated heterocycles. The summed E-state index contributed by atoms with van der Waals surface area (Å²) in [7, 11) is 0. The summed E-state index contributed by atoms with van der Waals surface area (Å²) in [6.07, 6.45) is 3.59. The molecule has 0 atom stereocenters. The maximum Gasteiger partial charge on any atom is 0.121 e. The van der Waals surface area contributed by atoms with Gasteiger partial charge in [-0.05, 0) is 18.6 Å². The average molecular weight is 220 g/mol. The van der Waals surface area contributed by atoms with Crippen LogP contribution in [0.3, 0.4) is 0 Å². The highest BCUT2D eigenvalue weighted by Gasteiger charge is 2.07. The SMILES string of the molecule is C=C(OCC)c1cnccc1CNC(C)C. The molecule has 0 spiro atoms. The molecule has 0 bridgehead atoms. The fourth-order valence-electron chi connectivity index (χ4n) is 1.39. The van der Waals surface area contributed by atoms with Crippen molar-refractivity contribution in [3.63, 3.8) is 0 Å². The molecule has 0 fully saturated rings. The van der Waals surface area contributed by atoms with Crippen molar-refractivity contribution in [3.8, 4) is 0 Å². The van der Waals surface area contributed by atoms with Crippen LogP contribution in [0.4, 0.5) is 0 Å². The lowest BCUT2D eigenvalue weighted by molar-refractivity contribution is 0.298. The van der Waals surface area contributed by atoms with Crippen molar-refractivity contribution in [2.24, 2.45) is 0 Å². The summed E-state index contributed by atoms with van der Waals surface area (Å²) in [6, 6.07) is 2.45. The van der Waals surface area contributed by atoms with Gasteiger partial charge in [0.2, 0.25) is 0 Å². The van der Waals surface area contributed by atoms with Crippen molar-refractivity contribution in [2.75, 3.05) is 6.61 Å². The van der Waals surface area contributed by atoms with Crippen LogP contribution in [0.2, 0.25) is 0 Å². The lowest BCUT2D eigenvalue weighted by atomic mass is 10.1. The normalized spacial score (nSPS) is 10.5. The van der Waals surface area contributed by atoms with E-state index in [0.29, 0.717) is 18.4 Å². The number of hydrogen-bond acceptors (Lipinski definition) is 3. The Balaban J connectivity index is 2.78. The van der Waals surface area contributed by atoms with Crippen LogP contribution in [0.1, 0.15) is 31.9 Å². The number of aromatic nitrogens is 1. The number of nitrogens with zero attached hydrogens (tertiary/aromatic N) is 1. The molecule has 1 heterocycles. The van der Waals surface area contributed by atoms with Gasteiger partial charge in [-0.1, -0.05) is 20.4 Å². The third-order valence-corrected chi connectivity index (χ3v) is 2.23. The zero-order valence-corrected chi connectivity index (χ0v) is 10.3. The van der Waals surface area contributed by atoms with Crippen molar-refractivity contribution >= 4 is 5.76 Å². The Morgan fingerprint density at radius 2 is 2.31 bits per heavy atom. The van der Waals surface area contributed by atoms with Gasteiger partial charge in [-0.2, -0.15) is 0 Å². The van der Waals surface area contributed by atoms with Gasteiger partial charge >= 0.3 is 0 Å².